The van der Waals surface area contributed by atoms with Crippen LogP contribution in [0.15, 0.2) is 6.07 Å². The van der Waals surface area contributed by atoms with Crippen LogP contribution in [0.3, 0.4) is 0 Å². The largest absolute Gasteiger partial charge is 0.465 e. The first kappa shape index (κ1) is 11.5. The molecule has 0 spiro atoms. The number of amides is 1. The van der Waals surface area contributed by atoms with Gasteiger partial charge in [0.05, 0.1) is 12.1 Å². The Morgan fingerprint density at radius 3 is 2.78 bits per heavy atom. The number of anilines is 1. The summed E-state index contributed by atoms with van der Waals surface area (Å²) >= 11 is 5.93. The van der Waals surface area contributed by atoms with E-state index >= 15 is 0 Å². The number of nitrogens with zero attached hydrogens (tertiary/aromatic N) is 4. The number of aromatic nitrogens is 2. The number of piperazine rings is 1. The summed E-state index contributed by atoms with van der Waals surface area (Å²) in [5.41, 5.74) is 0. The molecule has 96 valence electrons. The van der Waals surface area contributed by atoms with E-state index in [9.17, 15) is 4.79 Å². The summed E-state index contributed by atoms with van der Waals surface area (Å²) in [6.07, 6.45) is 0.0338. The van der Waals surface area contributed by atoms with E-state index in [4.69, 9.17) is 16.7 Å². The summed E-state index contributed by atoms with van der Waals surface area (Å²) in [5.74, 6) is 1.43. The third-order valence-electron chi connectivity index (χ3n) is 3.57. The highest BCUT2D eigenvalue weighted by atomic mass is 35.5. The van der Waals surface area contributed by atoms with Gasteiger partial charge < -0.3 is 14.9 Å². The fourth-order valence-electron chi connectivity index (χ4n) is 2.85. The number of likely N-dealkylation sites (tertiary alicyclic amines) is 1. The average molecular weight is 269 g/mol. The number of rotatable bonds is 1. The first-order chi connectivity index (χ1) is 8.54. The fourth-order valence-corrected chi connectivity index (χ4v) is 3.07. The van der Waals surface area contributed by atoms with Crippen molar-refractivity contribution < 1.29 is 9.90 Å². The molecule has 2 fully saturated rings. The van der Waals surface area contributed by atoms with Crippen molar-refractivity contribution in [1.29, 1.82) is 0 Å². The number of fused-ring (bicyclic) bond motifs is 2. The third-order valence-corrected chi connectivity index (χ3v) is 3.77. The van der Waals surface area contributed by atoms with Gasteiger partial charge >= 0.3 is 6.09 Å². The molecule has 0 unspecified atom stereocenters. The number of aryl methyl sites for hydroxylation is 1. The van der Waals surface area contributed by atoms with Gasteiger partial charge in [-0.2, -0.15) is 0 Å². The molecule has 2 saturated heterocycles. The van der Waals surface area contributed by atoms with Crippen LogP contribution in [0.2, 0.25) is 5.15 Å². The van der Waals surface area contributed by atoms with E-state index in [1.54, 1.807) is 13.0 Å². The molecule has 1 aromatic heterocycles. The second kappa shape index (κ2) is 3.98. The minimum absolute atomic E-state index is 0.0709. The summed E-state index contributed by atoms with van der Waals surface area (Å²) in [4.78, 5) is 23.0. The van der Waals surface area contributed by atoms with Crippen LogP contribution in [-0.4, -0.2) is 51.2 Å². The zero-order chi connectivity index (χ0) is 12.9. The molecular weight excluding hydrogens is 256 g/mol. The smallest absolute Gasteiger partial charge is 0.407 e. The van der Waals surface area contributed by atoms with Gasteiger partial charge in [-0.1, -0.05) is 11.6 Å². The molecule has 1 amide bonds. The minimum Gasteiger partial charge on any atom is -0.465 e. The van der Waals surface area contributed by atoms with Gasteiger partial charge in [0, 0.05) is 19.2 Å². The standard InChI is InChI=1S/C11H13ClN4O2/c1-6-13-9(12)3-10(14-6)15-4-8-2-7(15)5-16(8)11(17)18/h3,7-8H,2,4-5H2,1H3,(H,17,18)/t7-,8-/m0/s1. The highest BCUT2D eigenvalue weighted by Crippen LogP contribution is 2.34. The molecule has 2 aliphatic rings. The Kier molecular flexibility index (Phi) is 2.55. The highest BCUT2D eigenvalue weighted by molar-refractivity contribution is 6.29. The van der Waals surface area contributed by atoms with Crippen LogP contribution >= 0.6 is 11.6 Å². The molecule has 2 atom stereocenters. The van der Waals surface area contributed by atoms with Crippen molar-refractivity contribution in [1.82, 2.24) is 14.9 Å². The third kappa shape index (κ3) is 1.77. The van der Waals surface area contributed by atoms with E-state index in [0.717, 1.165) is 12.2 Å². The van der Waals surface area contributed by atoms with Crippen LogP contribution in [-0.2, 0) is 0 Å². The van der Waals surface area contributed by atoms with E-state index in [1.165, 1.54) is 4.90 Å². The first-order valence-corrected chi connectivity index (χ1v) is 6.20. The number of carboxylic acid groups (broad SMARTS) is 1. The van der Waals surface area contributed by atoms with Crippen molar-refractivity contribution >= 4 is 23.5 Å². The summed E-state index contributed by atoms with van der Waals surface area (Å²) < 4.78 is 0. The lowest BCUT2D eigenvalue weighted by molar-refractivity contribution is 0.137. The van der Waals surface area contributed by atoms with Crippen LogP contribution in [0.4, 0.5) is 10.6 Å². The van der Waals surface area contributed by atoms with Gasteiger partial charge in [-0.15, -0.1) is 0 Å². The molecule has 18 heavy (non-hydrogen) atoms. The molecule has 2 aliphatic heterocycles. The molecule has 7 heteroatoms. The van der Waals surface area contributed by atoms with Gasteiger partial charge in [0.2, 0.25) is 0 Å². The molecular formula is C11H13ClN4O2. The summed E-state index contributed by atoms with van der Waals surface area (Å²) in [6, 6.07) is 2.01. The van der Waals surface area contributed by atoms with E-state index < -0.39 is 6.09 Å². The van der Waals surface area contributed by atoms with Crippen LogP contribution in [0.1, 0.15) is 12.2 Å². The van der Waals surface area contributed by atoms with Crippen molar-refractivity contribution in [3.05, 3.63) is 17.0 Å². The molecule has 6 nitrogen and oxygen atoms in total. The molecule has 0 radical (unpaired) electrons. The number of hydrogen-bond acceptors (Lipinski definition) is 4. The van der Waals surface area contributed by atoms with Crippen molar-refractivity contribution in [2.24, 2.45) is 0 Å². The van der Waals surface area contributed by atoms with Crippen molar-refractivity contribution in [3.63, 3.8) is 0 Å². The Balaban J connectivity index is 1.83. The van der Waals surface area contributed by atoms with Crippen molar-refractivity contribution in [2.75, 3.05) is 18.0 Å². The second-order valence-electron chi connectivity index (χ2n) is 4.73. The molecule has 3 heterocycles. The van der Waals surface area contributed by atoms with Crippen LogP contribution in [0.25, 0.3) is 0 Å². The minimum atomic E-state index is -0.834. The van der Waals surface area contributed by atoms with Gasteiger partial charge in [0.25, 0.3) is 0 Å². The molecule has 0 aromatic carbocycles. The summed E-state index contributed by atoms with van der Waals surface area (Å²) in [6.45, 7) is 3.03. The number of hydrogen-bond donors (Lipinski definition) is 1. The second-order valence-corrected chi connectivity index (χ2v) is 5.11. The molecule has 1 aromatic rings. The summed E-state index contributed by atoms with van der Waals surface area (Å²) in [5, 5.41) is 9.47. The first-order valence-electron chi connectivity index (χ1n) is 5.82. The SMILES string of the molecule is Cc1nc(Cl)cc(N2C[C@@H]3C[C@H]2CN3C(=O)O)n1. The predicted molar refractivity (Wildman–Crippen MR) is 66.0 cm³/mol. The average Bonchev–Trinajstić information content (AvgIpc) is 2.86. The topological polar surface area (TPSA) is 69.6 Å². The van der Waals surface area contributed by atoms with E-state index in [2.05, 4.69) is 14.9 Å². The molecule has 0 saturated carbocycles. The van der Waals surface area contributed by atoms with Crippen molar-refractivity contribution in [2.45, 2.75) is 25.4 Å². The van der Waals surface area contributed by atoms with Crippen LogP contribution < -0.4 is 4.90 Å². The van der Waals surface area contributed by atoms with Gasteiger partial charge in [0.15, 0.2) is 0 Å². The maximum absolute atomic E-state index is 11.0. The zero-order valence-corrected chi connectivity index (χ0v) is 10.6. The quantitative estimate of drug-likeness (QED) is 0.779. The maximum atomic E-state index is 11.0. The highest BCUT2D eigenvalue weighted by Gasteiger charge is 2.45. The molecule has 1 N–H and O–H groups in total. The lowest BCUT2D eigenvalue weighted by atomic mass is 10.2. The number of halogens is 1. The molecule has 2 bridgehead atoms. The molecule has 0 aliphatic carbocycles. The predicted octanol–water partition coefficient (Wildman–Crippen LogP) is 1.38. The lowest BCUT2D eigenvalue weighted by Gasteiger charge is -2.33. The van der Waals surface area contributed by atoms with Gasteiger partial charge in [-0.3, -0.25) is 0 Å². The van der Waals surface area contributed by atoms with Gasteiger partial charge in [-0.05, 0) is 13.3 Å². The van der Waals surface area contributed by atoms with Crippen LogP contribution in [0.5, 0.6) is 0 Å². The maximum Gasteiger partial charge on any atom is 0.407 e. The fraction of sp³-hybridized carbons (Fsp3) is 0.545. The zero-order valence-electron chi connectivity index (χ0n) is 9.88. The lowest BCUT2D eigenvalue weighted by Crippen LogP contribution is -2.48. The molecule has 3 rings (SSSR count). The van der Waals surface area contributed by atoms with E-state index in [0.29, 0.717) is 24.1 Å². The van der Waals surface area contributed by atoms with E-state index in [1.807, 2.05) is 0 Å². The Bertz CT molecular complexity index is 490. The van der Waals surface area contributed by atoms with Gasteiger partial charge in [-0.25, -0.2) is 14.8 Å². The number of carbonyl (C=O) groups is 1. The van der Waals surface area contributed by atoms with E-state index in [-0.39, 0.29) is 12.1 Å². The monoisotopic (exact) mass is 268 g/mol. The normalized spacial score (nSPS) is 25.9. The Morgan fingerprint density at radius 2 is 2.22 bits per heavy atom. The van der Waals surface area contributed by atoms with Gasteiger partial charge in [0.1, 0.15) is 16.8 Å². The summed E-state index contributed by atoms with van der Waals surface area (Å²) in [7, 11) is 0. The van der Waals surface area contributed by atoms with Crippen molar-refractivity contribution in [3.8, 4) is 0 Å². The Labute approximate surface area is 109 Å². The Hall–Kier alpha value is -1.56. The van der Waals surface area contributed by atoms with Crippen LogP contribution in [0, 0.1) is 6.92 Å². The Morgan fingerprint density at radius 1 is 1.44 bits per heavy atom.